The van der Waals surface area contributed by atoms with E-state index in [9.17, 15) is 10.0 Å². The molecule has 0 bridgehead atoms. The number of carboxylic acid groups (broad SMARTS) is 1. The van der Waals surface area contributed by atoms with Gasteiger partial charge in [-0.05, 0) is 30.4 Å². The Kier molecular flexibility index (Phi) is 5.36. The highest BCUT2D eigenvalue weighted by molar-refractivity contribution is 5.83. The molecule has 2 rings (SSSR count). The zero-order valence-electron chi connectivity index (χ0n) is 12.2. The molecule has 0 saturated heterocycles. The molecule has 0 aliphatic carbocycles. The van der Waals surface area contributed by atoms with Gasteiger partial charge >= 0.3 is 5.97 Å². The Balaban J connectivity index is 2.03. The Morgan fingerprint density at radius 3 is 2.81 bits per heavy atom. The fourth-order valence-corrected chi connectivity index (χ4v) is 2.85. The Morgan fingerprint density at radius 1 is 1.38 bits per heavy atom. The van der Waals surface area contributed by atoms with E-state index in [0.29, 0.717) is 6.42 Å². The van der Waals surface area contributed by atoms with Crippen LogP contribution in [0.3, 0.4) is 0 Å². The fourth-order valence-electron chi connectivity index (χ4n) is 2.85. The molecule has 1 heterocycles. The first-order chi connectivity index (χ1) is 10.2. The molecule has 2 atom stereocenters. The number of hydrogen-bond donors (Lipinski definition) is 4. The maximum Gasteiger partial charge on any atom is 0.303 e. The molecule has 1 aromatic heterocycles. The highest BCUT2D eigenvalue weighted by atomic mass is 16.5. The van der Waals surface area contributed by atoms with Gasteiger partial charge < -0.3 is 15.3 Å². The summed E-state index contributed by atoms with van der Waals surface area (Å²) in [6.45, 7) is 1.95. The summed E-state index contributed by atoms with van der Waals surface area (Å²) in [5, 5.41) is 19.5. The fraction of sp³-hybridized carbons (Fsp3) is 0.438. The Bertz CT molecular complexity index is 594. The molecular weight excluding hydrogens is 268 g/mol. The second kappa shape index (κ2) is 7.24. The molecule has 2 unspecified atom stereocenters. The molecule has 21 heavy (non-hydrogen) atoms. The quantitative estimate of drug-likeness (QED) is 0.563. The number of H-pyrrole nitrogens is 1. The molecule has 0 radical (unpaired) electrons. The van der Waals surface area contributed by atoms with Crippen LogP contribution in [-0.4, -0.2) is 27.3 Å². The van der Waals surface area contributed by atoms with E-state index in [1.807, 2.05) is 31.3 Å². The minimum Gasteiger partial charge on any atom is -0.481 e. The Morgan fingerprint density at radius 2 is 2.14 bits per heavy atom. The summed E-state index contributed by atoms with van der Waals surface area (Å²) >= 11 is 0. The molecule has 0 saturated carbocycles. The lowest BCUT2D eigenvalue weighted by Gasteiger charge is -2.23. The molecule has 0 aliphatic heterocycles. The molecule has 5 nitrogen and oxygen atoms in total. The Hall–Kier alpha value is -1.85. The number of aryl methyl sites for hydroxylation is 1. The van der Waals surface area contributed by atoms with E-state index in [0.717, 1.165) is 18.4 Å². The van der Waals surface area contributed by atoms with E-state index in [2.05, 4.69) is 16.5 Å². The van der Waals surface area contributed by atoms with E-state index < -0.39 is 5.97 Å². The number of carboxylic acids is 1. The van der Waals surface area contributed by atoms with Crippen molar-refractivity contribution in [2.45, 2.75) is 38.6 Å². The van der Waals surface area contributed by atoms with Gasteiger partial charge in [-0.25, -0.2) is 5.48 Å². The van der Waals surface area contributed by atoms with Crippen molar-refractivity contribution in [3.63, 3.8) is 0 Å². The van der Waals surface area contributed by atoms with Crippen LogP contribution < -0.4 is 5.48 Å². The van der Waals surface area contributed by atoms with E-state index >= 15 is 0 Å². The van der Waals surface area contributed by atoms with Crippen molar-refractivity contribution in [2.75, 3.05) is 0 Å². The van der Waals surface area contributed by atoms with Gasteiger partial charge in [-0.1, -0.05) is 31.5 Å². The number of aliphatic carboxylic acids is 1. The first-order valence-corrected chi connectivity index (χ1v) is 7.32. The summed E-state index contributed by atoms with van der Waals surface area (Å²) in [5.41, 5.74) is 4.58. The molecule has 0 spiro atoms. The molecule has 0 amide bonds. The van der Waals surface area contributed by atoms with Gasteiger partial charge in [-0.3, -0.25) is 4.79 Å². The van der Waals surface area contributed by atoms with Crippen LogP contribution in [0.25, 0.3) is 10.9 Å². The number of para-hydroxylation sites is 1. The van der Waals surface area contributed by atoms with Gasteiger partial charge in [0.25, 0.3) is 0 Å². The zero-order chi connectivity index (χ0) is 15.2. The number of aromatic amines is 1. The lowest BCUT2D eigenvalue weighted by atomic mass is 9.89. The van der Waals surface area contributed by atoms with E-state index in [1.54, 1.807) is 0 Å². The molecule has 5 heteroatoms. The summed E-state index contributed by atoms with van der Waals surface area (Å²) in [6.07, 6.45) is 4.26. The van der Waals surface area contributed by atoms with Crippen LogP contribution in [0, 0.1) is 5.92 Å². The standard InChI is InChI=1S/C16H22N2O3/c1-2-11(9-16(19)20)14(18-21)8-7-12-10-17-15-6-4-3-5-13(12)15/h3-6,10-11,14,17-18,21H,2,7-9H2,1H3,(H,19,20). The topological polar surface area (TPSA) is 85.3 Å². The smallest absolute Gasteiger partial charge is 0.303 e. The highest BCUT2D eigenvalue weighted by Crippen LogP contribution is 2.22. The first-order valence-electron chi connectivity index (χ1n) is 7.32. The number of benzene rings is 1. The number of fused-ring (bicyclic) bond motifs is 1. The van der Waals surface area contributed by atoms with Gasteiger partial charge in [0.2, 0.25) is 0 Å². The molecular formula is C16H22N2O3. The van der Waals surface area contributed by atoms with Gasteiger partial charge in [0.15, 0.2) is 0 Å². The highest BCUT2D eigenvalue weighted by Gasteiger charge is 2.22. The molecule has 114 valence electrons. The normalized spacial score (nSPS) is 14.2. The summed E-state index contributed by atoms with van der Waals surface area (Å²) < 4.78 is 0. The van der Waals surface area contributed by atoms with Crippen LogP contribution in [0.5, 0.6) is 0 Å². The first kappa shape index (κ1) is 15.5. The van der Waals surface area contributed by atoms with Crippen molar-refractivity contribution < 1.29 is 15.1 Å². The van der Waals surface area contributed by atoms with Gasteiger partial charge in [0.05, 0.1) is 0 Å². The predicted octanol–water partition coefficient (Wildman–Crippen LogP) is 2.95. The van der Waals surface area contributed by atoms with Crippen LogP contribution in [0.1, 0.15) is 31.7 Å². The number of carbonyl (C=O) groups is 1. The number of nitrogens with one attached hydrogen (secondary N) is 2. The summed E-state index contributed by atoms with van der Waals surface area (Å²) in [7, 11) is 0. The third-order valence-corrected chi connectivity index (χ3v) is 4.10. The van der Waals surface area contributed by atoms with Gasteiger partial charge in [-0.2, -0.15) is 0 Å². The SMILES string of the molecule is CCC(CC(=O)O)C(CCc1c[nH]c2ccccc12)NO. The maximum atomic E-state index is 10.9. The average Bonchev–Trinajstić information content (AvgIpc) is 2.89. The van der Waals surface area contributed by atoms with Crippen molar-refractivity contribution in [2.24, 2.45) is 5.92 Å². The summed E-state index contributed by atoms with van der Waals surface area (Å²) in [5.74, 6) is -0.896. The molecule has 0 aliphatic rings. The number of hydrogen-bond acceptors (Lipinski definition) is 3. The molecule has 2 aromatic rings. The molecule has 1 aromatic carbocycles. The second-order valence-electron chi connectivity index (χ2n) is 5.40. The van der Waals surface area contributed by atoms with Crippen LogP contribution in [0.2, 0.25) is 0 Å². The number of rotatable bonds is 8. The second-order valence-corrected chi connectivity index (χ2v) is 5.40. The predicted molar refractivity (Wildman–Crippen MR) is 81.4 cm³/mol. The minimum atomic E-state index is -0.825. The lowest BCUT2D eigenvalue weighted by molar-refractivity contribution is -0.138. The summed E-state index contributed by atoms with van der Waals surface area (Å²) in [4.78, 5) is 14.1. The van der Waals surface area contributed by atoms with Crippen molar-refractivity contribution in [1.82, 2.24) is 10.5 Å². The van der Waals surface area contributed by atoms with Gasteiger partial charge in [-0.15, -0.1) is 0 Å². The molecule has 4 N–H and O–H groups in total. The average molecular weight is 290 g/mol. The van der Waals surface area contributed by atoms with Crippen molar-refractivity contribution in [3.05, 3.63) is 36.0 Å². The van der Waals surface area contributed by atoms with Crippen molar-refractivity contribution in [1.29, 1.82) is 0 Å². The van der Waals surface area contributed by atoms with E-state index in [4.69, 9.17) is 5.11 Å². The largest absolute Gasteiger partial charge is 0.481 e. The van der Waals surface area contributed by atoms with Crippen molar-refractivity contribution in [3.8, 4) is 0 Å². The van der Waals surface area contributed by atoms with Crippen molar-refractivity contribution >= 4 is 16.9 Å². The third kappa shape index (κ3) is 3.83. The van der Waals surface area contributed by atoms with Crippen LogP contribution in [-0.2, 0) is 11.2 Å². The minimum absolute atomic E-state index is 0.0716. The van der Waals surface area contributed by atoms with Crippen LogP contribution in [0.4, 0.5) is 0 Å². The zero-order valence-corrected chi connectivity index (χ0v) is 12.2. The Labute approximate surface area is 123 Å². The van der Waals surface area contributed by atoms with Gasteiger partial charge in [0.1, 0.15) is 0 Å². The maximum absolute atomic E-state index is 10.9. The van der Waals surface area contributed by atoms with E-state index in [1.165, 1.54) is 10.9 Å². The molecule has 0 fully saturated rings. The summed E-state index contributed by atoms with van der Waals surface area (Å²) in [6, 6.07) is 7.87. The monoisotopic (exact) mass is 290 g/mol. The number of aromatic nitrogens is 1. The lowest BCUT2D eigenvalue weighted by Crippen LogP contribution is -2.35. The van der Waals surface area contributed by atoms with E-state index in [-0.39, 0.29) is 18.4 Å². The van der Waals surface area contributed by atoms with Crippen LogP contribution >= 0.6 is 0 Å². The number of hydroxylamine groups is 1. The third-order valence-electron chi connectivity index (χ3n) is 4.10. The van der Waals surface area contributed by atoms with Crippen LogP contribution in [0.15, 0.2) is 30.5 Å². The van der Waals surface area contributed by atoms with Gasteiger partial charge in [0, 0.05) is 29.6 Å².